The molecular weight excluding hydrogens is 242 g/mol. The Balaban J connectivity index is 1.48. The molecule has 2 heterocycles. The van der Waals surface area contributed by atoms with Gasteiger partial charge >= 0.3 is 0 Å². The van der Waals surface area contributed by atoms with Gasteiger partial charge in [0.05, 0.1) is 6.54 Å². The van der Waals surface area contributed by atoms with Crippen molar-refractivity contribution in [3.05, 3.63) is 23.8 Å². The highest BCUT2D eigenvalue weighted by Crippen LogP contribution is 2.37. The maximum atomic E-state index is 12.3. The Morgan fingerprint density at radius 2 is 2.16 bits per heavy atom. The van der Waals surface area contributed by atoms with E-state index in [4.69, 9.17) is 9.47 Å². The summed E-state index contributed by atoms with van der Waals surface area (Å²) in [5.41, 5.74) is 0.729. The minimum atomic E-state index is 0.186. The average Bonchev–Trinajstić information content (AvgIpc) is 3.13. The average molecular weight is 259 g/mol. The van der Waals surface area contributed by atoms with E-state index in [1.54, 1.807) is 6.07 Å². The second-order valence-electron chi connectivity index (χ2n) is 5.75. The molecule has 4 heteroatoms. The maximum Gasteiger partial charge on any atom is 0.231 e. The molecule has 0 spiro atoms. The second-order valence-corrected chi connectivity index (χ2v) is 5.75. The number of likely N-dealkylation sites (tertiary alicyclic amines) is 1. The number of carbonyl (C=O) groups excluding carboxylic acids is 1. The number of ketones is 1. The number of nitrogens with zero attached hydrogens (tertiary/aromatic N) is 1. The molecule has 4 rings (SSSR count). The van der Waals surface area contributed by atoms with E-state index in [0.29, 0.717) is 18.3 Å². The fraction of sp³-hybridized carbons (Fsp3) is 0.533. The third kappa shape index (κ3) is 1.91. The SMILES string of the molecule is O=C(CN1CC2CCC1C2)c1ccc2c(c1)OCO2. The van der Waals surface area contributed by atoms with Gasteiger partial charge in [0.2, 0.25) is 6.79 Å². The van der Waals surface area contributed by atoms with Crippen molar-refractivity contribution in [2.75, 3.05) is 19.9 Å². The van der Waals surface area contributed by atoms with Crippen molar-refractivity contribution in [3.63, 3.8) is 0 Å². The zero-order valence-corrected chi connectivity index (χ0v) is 10.8. The van der Waals surface area contributed by atoms with Crippen LogP contribution in [0.15, 0.2) is 18.2 Å². The van der Waals surface area contributed by atoms with E-state index in [0.717, 1.165) is 23.8 Å². The van der Waals surface area contributed by atoms with Gasteiger partial charge < -0.3 is 9.47 Å². The zero-order valence-electron chi connectivity index (χ0n) is 10.8. The van der Waals surface area contributed by atoms with Crippen molar-refractivity contribution in [1.82, 2.24) is 4.90 Å². The fourth-order valence-corrected chi connectivity index (χ4v) is 3.57. The molecule has 2 atom stereocenters. The third-order valence-electron chi connectivity index (χ3n) is 4.56. The lowest BCUT2D eigenvalue weighted by Crippen LogP contribution is -2.36. The second kappa shape index (κ2) is 4.23. The minimum Gasteiger partial charge on any atom is -0.454 e. The highest BCUT2D eigenvalue weighted by molar-refractivity contribution is 5.98. The number of benzene rings is 1. The molecule has 100 valence electrons. The van der Waals surface area contributed by atoms with Crippen LogP contribution in [-0.2, 0) is 0 Å². The molecule has 1 aromatic carbocycles. The molecule has 1 saturated heterocycles. The molecule has 3 aliphatic rings. The quantitative estimate of drug-likeness (QED) is 0.779. The van der Waals surface area contributed by atoms with Crippen molar-refractivity contribution in [1.29, 1.82) is 0 Å². The van der Waals surface area contributed by atoms with Crippen LogP contribution < -0.4 is 9.47 Å². The molecular formula is C15H17NO3. The standard InChI is InChI=1S/C15H17NO3/c17-13(8-16-7-10-1-3-12(16)5-10)11-2-4-14-15(6-11)19-9-18-14/h2,4,6,10,12H,1,3,5,7-9H2. The first kappa shape index (κ1) is 11.3. The van der Waals surface area contributed by atoms with E-state index in [9.17, 15) is 4.79 Å². The van der Waals surface area contributed by atoms with Crippen LogP contribution in [-0.4, -0.2) is 36.6 Å². The van der Waals surface area contributed by atoms with Crippen molar-refractivity contribution in [2.45, 2.75) is 25.3 Å². The van der Waals surface area contributed by atoms with Gasteiger partial charge in [0.15, 0.2) is 17.3 Å². The predicted molar refractivity (Wildman–Crippen MR) is 69.6 cm³/mol. The van der Waals surface area contributed by atoms with Crippen LogP contribution in [0.3, 0.4) is 0 Å². The molecule has 2 fully saturated rings. The summed E-state index contributed by atoms with van der Waals surface area (Å²) in [7, 11) is 0. The van der Waals surface area contributed by atoms with E-state index >= 15 is 0 Å². The molecule has 1 saturated carbocycles. The largest absolute Gasteiger partial charge is 0.454 e. The smallest absolute Gasteiger partial charge is 0.231 e. The Labute approximate surface area is 112 Å². The number of ether oxygens (including phenoxy) is 2. The zero-order chi connectivity index (χ0) is 12.8. The first-order valence-corrected chi connectivity index (χ1v) is 6.96. The highest BCUT2D eigenvalue weighted by atomic mass is 16.7. The van der Waals surface area contributed by atoms with Crippen LogP contribution in [0.1, 0.15) is 29.6 Å². The van der Waals surface area contributed by atoms with Crippen molar-refractivity contribution < 1.29 is 14.3 Å². The van der Waals surface area contributed by atoms with Gasteiger partial charge in [-0.1, -0.05) is 0 Å². The van der Waals surface area contributed by atoms with Gasteiger partial charge in [-0.3, -0.25) is 9.69 Å². The van der Waals surface area contributed by atoms with Gasteiger partial charge in [-0.15, -0.1) is 0 Å². The Morgan fingerprint density at radius 3 is 2.95 bits per heavy atom. The molecule has 2 bridgehead atoms. The molecule has 0 aromatic heterocycles. The Hall–Kier alpha value is -1.55. The van der Waals surface area contributed by atoms with Crippen LogP contribution in [0.2, 0.25) is 0 Å². The first-order chi connectivity index (χ1) is 9.29. The topological polar surface area (TPSA) is 38.8 Å². The van der Waals surface area contributed by atoms with Gasteiger partial charge in [-0.2, -0.15) is 0 Å². The van der Waals surface area contributed by atoms with E-state index in [-0.39, 0.29) is 12.6 Å². The van der Waals surface area contributed by atoms with Crippen LogP contribution in [0.25, 0.3) is 0 Å². The van der Waals surface area contributed by atoms with Crippen LogP contribution in [0, 0.1) is 5.92 Å². The van der Waals surface area contributed by atoms with Gasteiger partial charge in [-0.05, 0) is 43.4 Å². The molecule has 0 amide bonds. The molecule has 2 unspecified atom stereocenters. The molecule has 0 radical (unpaired) electrons. The van der Waals surface area contributed by atoms with Gasteiger partial charge in [0.25, 0.3) is 0 Å². The number of hydrogen-bond acceptors (Lipinski definition) is 4. The van der Waals surface area contributed by atoms with Gasteiger partial charge in [-0.25, -0.2) is 0 Å². The maximum absolute atomic E-state index is 12.3. The monoisotopic (exact) mass is 259 g/mol. The Bertz CT molecular complexity index is 528. The summed E-state index contributed by atoms with van der Waals surface area (Å²) in [5, 5.41) is 0. The molecule has 2 aliphatic heterocycles. The number of carbonyl (C=O) groups is 1. The van der Waals surface area contributed by atoms with Crippen molar-refractivity contribution in [2.24, 2.45) is 5.92 Å². The molecule has 0 N–H and O–H groups in total. The fourth-order valence-electron chi connectivity index (χ4n) is 3.57. The van der Waals surface area contributed by atoms with E-state index in [1.165, 1.54) is 19.3 Å². The summed E-state index contributed by atoms with van der Waals surface area (Å²) in [6.45, 7) is 1.89. The normalized spacial score (nSPS) is 28.0. The molecule has 19 heavy (non-hydrogen) atoms. The Kier molecular flexibility index (Phi) is 2.52. The Morgan fingerprint density at radius 1 is 1.26 bits per heavy atom. The van der Waals surface area contributed by atoms with Crippen LogP contribution >= 0.6 is 0 Å². The summed E-state index contributed by atoms with van der Waals surface area (Å²) >= 11 is 0. The number of Topliss-reactive ketones (excluding diaryl/α,β-unsaturated/α-hetero) is 1. The molecule has 1 aliphatic carbocycles. The highest BCUT2D eigenvalue weighted by Gasteiger charge is 2.38. The number of piperidine rings is 1. The van der Waals surface area contributed by atoms with Crippen LogP contribution in [0.4, 0.5) is 0 Å². The van der Waals surface area contributed by atoms with Crippen molar-refractivity contribution >= 4 is 5.78 Å². The van der Waals surface area contributed by atoms with E-state index < -0.39 is 0 Å². The summed E-state index contributed by atoms with van der Waals surface area (Å²) in [6.07, 6.45) is 3.90. The number of rotatable bonds is 3. The van der Waals surface area contributed by atoms with Gasteiger partial charge in [0.1, 0.15) is 0 Å². The molecule has 4 nitrogen and oxygen atoms in total. The minimum absolute atomic E-state index is 0.186. The van der Waals surface area contributed by atoms with Crippen molar-refractivity contribution in [3.8, 4) is 11.5 Å². The van der Waals surface area contributed by atoms with E-state index in [1.807, 2.05) is 12.1 Å². The van der Waals surface area contributed by atoms with Gasteiger partial charge in [0, 0.05) is 18.2 Å². The third-order valence-corrected chi connectivity index (χ3v) is 4.56. The predicted octanol–water partition coefficient (Wildman–Crippen LogP) is 2.08. The summed E-state index contributed by atoms with van der Waals surface area (Å²) in [5.74, 6) is 2.44. The molecule has 1 aromatic rings. The first-order valence-electron chi connectivity index (χ1n) is 6.96. The number of fused-ring (bicyclic) bond motifs is 3. The lowest BCUT2D eigenvalue weighted by atomic mass is 10.1. The number of hydrogen-bond donors (Lipinski definition) is 0. The lowest BCUT2D eigenvalue weighted by Gasteiger charge is -2.25. The summed E-state index contributed by atoms with van der Waals surface area (Å²) < 4.78 is 10.6. The summed E-state index contributed by atoms with van der Waals surface area (Å²) in [4.78, 5) is 14.7. The van der Waals surface area contributed by atoms with Crippen LogP contribution in [0.5, 0.6) is 11.5 Å². The summed E-state index contributed by atoms with van der Waals surface area (Å²) in [6, 6.07) is 6.11. The van der Waals surface area contributed by atoms with E-state index in [2.05, 4.69) is 4.90 Å². The lowest BCUT2D eigenvalue weighted by molar-refractivity contribution is 0.0904.